The summed E-state index contributed by atoms with van der Waals surface area (Å²) in [5, 5.41) is 2.95. The summed E-state index contributed by atoms with van der Waals surface area (Å²) in [4.78, 5) is 12.7. The zero-order chi connectivity index (χ0) is 21.6. The largest absolute Gasteiger partial charge is 0.457 e. The van der Waals surface area contributed by atoms with Crippen molar-refractivity contribution in [2.75, 3.05) is 17.1 Å². The van der Waals surface area contributed by atoms with Gasteiger partial charge >= 0.3 is 0 Å². The number of anilines is 1. The maximum atomic E-state index is 12.7. The molecule has 1 saturated carbocycles. The van der Waals surface area contributed by atoms with Gasteiger partial charge in [0.1, 0.15) is 17.5 Å². The van der Waals surface area contributed by atoms with E-state index in [9.17, 15) is 13.2 Å². The Morgan fingerprint density at radius 1 is 1.03 bits per heavy atom. The van der Waals surface area contributed by atoms with Crippen molar-refractivity contribution in [3.8, 4) is 11.5 Å². The van der Waals surface area contributed by atoms with Crippen molar-refractivity contribution in [2.24, 2.45) is 5.92 Å². The molecule has 0 heterocycles. The molecule has 1 aliphatic carbocycles. The molecule has 1 N–H and O–H groups in total. The van der Waals surface area contributed by atoms with Crippen molar-refractivity contribution >= 4 is 21.6 Å². The van der Waals surface area contributed by atoms with E-state index in [0.717, 1.165) is 23.4 Å². The first-order chi connectivity index (χ1) is 14.3. The maximum absolute atomic E-state index is 12.7. The van der Waals surface area contributed by atoms with Crippen LogP contribution in [-0.2, 0) is 14.8 Å². The first kappa shape index (κ1) is 22.2. The lowest BCUT2D eigenvalue weighted by atomic mass is 9.89. The fraction of sp³-hybridized carbons (Fsp3) is 0.435. The van der Waals surface area contributed by atoms with E-state index in [4.69, 9.17) is 4.74 Å². The molecule has 0 aromatic heterocycles. The van der Waals surface area contributed by atoms with Gasteiger partial charge in [-0.05, 0) is 62.1 Å². The van der Waals surface area contributed by atoms with Crippen LogP contribution >= 0.6 is 0 Å². The Morgan fingerprint density at radius 3 is 2.23 bits per heavy atom. The molecule has 162 valence electrons. The maximum Gasteiger partial charge on any atom is 0.243 e. The molecule has 6 nitrogen and oxygen atoms in total. The summed E-state index contributed by atoms with van der Waals surface area (Å²) in [5.74, 6) is 1.49. The van der Waals surface area contributed by atoms with Crippen LogP contribution in [0, 0.1) is 5.92 Å². The number of sulfonamides is 1. The van der Waals surface area contributed by atoms with E-state index < -0.39 is 16.1 Å². The third kappa shape index (κ3) is 5.98. The summed E-state index contributed by atoms with van der Waals surface area (Å²) in [5.41, 5.74) is 0.429. The highest BCUT2D eigenvalue weighted by Gasteiger charge is 2.29. The fourth-order valence-electron chi connectivity index (χ4n) is 3.88. The third-order valence-electron chi connectivity index (χ3n) is 5.45. The molecule has 0 unspecified atom stereocenters. The highest BCUT2D eigenvalue weighted by molar-refractivity contribution is 7.92. The van der Waals surface area contributed by atoms with Gasteiger partial charge in [-0.1, -0.05) is 37.5 Å². The second kappa shape index (κ2) is 9.98. The molecular formula is C23H30N2O4S. The molecule has 3 rings (SSSR count). The van der Waals surface area contributed by atoms with E-state index in [1.807, 2.05) is 30.3 Å². The molecule has 2 aromatic carbocycles. The van der Waals surface area contributed by atoms with Gasteiger partial charge in [-0.3, -0.25) is 9.10 Å². The number of benzene rings is 2. The van der Waals surface area contributed by atoms with Crippen LogP contribution in [0.5, 0.6) is 11.5 Å². The quantitative estimate of drug-likeness (QED) is 0.676. The van der Waals surface area contributed by atoms with E-state index in [2.05, 4.69) is 5.32 Å². The van der Waals surface area contributed by atoms with Crippen molar-refractivity contribution in [3.63, 3.8) is 0 Å². The van der Waals surface area contributed by atoms with Crippen LogP contribution in [0.4, 0.5) is 5.69 Å². The Balaban J connectivity index is 1.69. The fourth-order valence-corrected chi connectivity index (χ4v) is 5.05. The highest BCUT2D eigenvalue weighted by Crippen LogP contribution is 2.27. The van der Waals surface area contributed by atoms with Gasteiger partial charge in [-0.15, -0.1) is 0 Å². The molecule has 7 heteroatoms. The zero-order valence-corrected chi connectivity index (χ0v) is 18.4. The molecule has 0 bridgehead atoms. The number of hydrogen-bond donors (Lipinski definition) is 1. The first-order valence-electron chi connectivity index (χ1n) is 10.4. The van der Waals surface area contributed by atoms with Crippen LogP contribution in [0.2, 0.25) is 0 Å². The molecule has 1 fully saturated rings. The second-order valence-electron chi connectivity index (χ2n) is 7.89. The Hall–Kier alpha value is -2.54. The monoisotopic (exact) mass is 430 g/mol. The van der Waals surface area contributed by atoms with Crippen molar-refractivity contribution < 1.29 is 17.9 Å². The molecule has 0 spiro atoms. The Morgan fingerprint density at radius 2 is 1.63 bits per heavy atom. The van der Waals surface area contributed by atoms with Crippen LogP contribution < -0.4 is 14.4 Å². The van der Waals surface area contributed by atoms with Gasteiger partial charge in [0.15, 0.2) is 0 Å². The third-order valence-corrected chi connectivity index (χ3v) is 6.69. The minimum absolute atomic E-state index is 0.282. The molecule has 0 aliphatic heterocycles. The topological polar surface area (TPSA) is 75.7 Å². The van der Waals surface area contributed by atoms with Gasteiger partial charge in [0, 0.05) is 6.54 Å². The van der Waals surface area contributed by atoms with Crippen LogP contribution in [0.1, 0.15) is 39.0 Å². The van der Waals surface area contributed by atoms with Gasteiger partial charge in [-0.2, -0.15) is 0 Å². The molecular weight excluding hydrogens is 400 g/mol. The molecule has 1 amide bonds. The molecule has 2 aromatic rings. The average Bonchev–Trinajstić information content (AvgIpc) is 2.74. The number of carbonyl (C=O) groups excluding carboxylic acids is 1. The highest BCUT2D eigenvalue weighted by atomic mass is 32.2. The number of ether oxygens (including phenoxy) is 1. The van der Waals surface area contributed by atoms with E-state index in [1.54, 1.807) is 31.2 Å². The summed E-state index contributed by atoms with van der Waals surface area (Å²) < 4.78 is 31.9. The van der Waals surface area contributed by atoms with Crippen LogP contribution in [0.15, 0.2) is 54.6 Å². The number of para-hydroxylation sites is 1. The standard InChI is InChI=1S/C23H30N2O4S/c1-18(23(26)24-17-19-9-5-3-6-10-19)25(30(2,27)28)20-13-15-22(16-14-20)29-21-11-7-4-8-12-21/h4,7-8,11-16,18-19H,3,5-6,9-10,17H2,1-2H3,(H,24,26)/t18-/m1/s1. The van der Waals surface area contributed by atoms with Gasteiger partial charge in [0.2, 0.25) is 15.9 Å². The Bertz CT molecular complexity index is 923. The summed E-state index contributed by atoms with van der Waals surface area (Å²) in [6, 6.07) is 15.2. The number of nitrogens with zero attached hydrogens (tertiary/aromatic N) is 1. The number of carbonyl (C=O) groups is 1. The van der Waals surface area contributed by atoms with Crippen molar-refractivity contribution in [1.82, 2.24) is 5.32 Å². The van der Waals surface area contributed by atoms with Crippen molar-refractivity contribution in [3.05, 3.63) is 54.6 Å². The van der Waals surface area contributed by atoms with Gasteiger partial charge in [0.05, 0.1) is 11.9 Å². The van der Waals surface area contributed by atoms with E-state index in [-0.39, 0.29) is 5.91 Å². The van der Waals surface area contributed by atoms with Crippen LogP contribution in [0.3, 0.4) is 0 Å². The number of hydrogen-bond acceptors (Lipinski definition) is 4. The summed E-state index contributed by atoms with van der Waals surface area (Å²) in [6.45, 7) is 2.22. The summed E-state index contributed by atoms with van der Waals surface area (Å²) in [6.07, 6.45) is 7.01. The SMILES string of the molecule is C[C@H](C(=O)NCC1CCCCC1)N(c1ccc(Oc2ccccc2)cc1)S(C)(=O)=O. The van der Waals surface area contributed by atoms with E-state index in [1.165, 1.54) is 19.3 Å². The van der Waals surface area contributed by atoms with E-state index >= 15 is 0 Å². The predicted molar refractivity (Wildman–Crippen MR) is 119 cm³/mol. The summed E-state index contributed by atoms with van der Waals surface area (Å²) >= 11 is 0. The smallest absolute Gasteiger partial charge is 0.243 e. The van der Waals surface area contributed by atoms with E-state index in [0.29, 0.717) is 29.6 Å². The minimum Gasteiger partial charge on any atom is -0.457 e. The normalized spacial score (nSPS) is 15.9. The number of nitrogens with one attached hydrogen (secondary N) is 1. The number of amides is 1. The molecule has 0 radical (unpaired) electrons. The van der Waals surface area contributed by atoms with Crippen molar-refractivity contribution in [1.29, 1.82) is 0 Å². The molecule has 1 aliphatic rings. The van der Waals surface area contributed by atoms with Crippen molar-refractivity contribution in [2.45, 2.75) is 45.1 Å². The van der Waals surface area contributed by atoms with Crippen LogP contribution in [0.25, 0.3) is 0 Å². The lowest BCUT2D eigenvalue weighted by molar-refractivity contribution is -0.122. The lowest BCUT2D eigenvalue weighted by Crippen LogP contribution is -2.48. The van der Waals surface area contributed by atoms with Gasteiger partial charge in [0.25, 0.3) is 0 Å². The minimum atomic E-state index is -3.65. The average molecular weight is 431 g/mol. The summed E-state index contributed by atoms with van der Waals surface area (Å²) in [7, 11) is -3.65. The zero-order valence-electron chi connectivity index (χ0n) is 17.6. The van der Waals surface area contributed by atoms with Gasteiger partial charge < -0.3 is 10.1 Å². The lowest BCUT2D eigenvalue weighted by Gasteiger charge is -2.29. The second-order valence-corrected chi connectivity index (χ2v) is 9.75. The molecule has 30 heavy (non-hydrogen) atoms. The predicted octanol–water partition coefficient (Wildman–Crippen LogP) is 4.33. The first-order valence-corrected chi connectivity index (χ1v) is 12.3. The van der Waals surface area contributed by atoms with Crippen LogP contribution in [-0.4, -0.2) is 33.2 Å². The number of rotatable bonds is 8. The Kier molecular flexibility index (Phi) is 7.37. The molecule has 1 atom stereocenters. The van der Waals surface area contributed by atoms with Gasteiger partial charge in [-0.25, -0.2) is 8.42 Å². The Labute approximate surface area is 179 Å². The molecule has 0 saturated heterocycles.